The molecule has 2 rings (SSSR count). The molecule has 96 valence electrons. The monoisotopic (exact) mass is 255 g/mol. The lowest BCUT2D eigenvalue weighted by Crippen LogP contribution is -2.39. The van der Waals surface area contributed by atoms with Gasteiger partial charge in [-0.3, -0.25) is 0 Å². The molecule has 1 aliphatic rings. The van der Waals surface area contributed by atoms with Crippen molar-refractivity contribution < 1.29 is 4.52 Å². The average Bonchev–Trinajstić information content (AvgIpc) is 2.80. The SMILES string of the molecule is CSCc1noc(C2(CN)CCC(C)CC2)n1. The lowest BCUT2D eigenvalue weighted by molar-refractivity contribution is 0.191. The number of nitrogens with zero attached hydrogens (tertiary/aromatic N) is 2. The van der Waals surface area contributed by atoms with Crippen LogP contribution in [0.3, 0.4) is 0 Å². The highest BCUT2D eigenvalue weighted by molar-refractivity contribution is 7.97. The molecule has 0 aliphatic heterocycles. The minimum absolute atomic E-state index is 0.0594. The quantitative estimate of drug-likeness (QED) is 0.894. The summed E-state index contributed by atoms with van der Waals surface area (Å²) < 4.78 is 5.43. The molecule has 0 radical (unpaired) electrons. The van der Waals surface area contributed by atoms with E-state index in [1.807, 2.05) is 6.26 Å². The molecule has 0 bridgehead atoms. The van der Waals surface area contributed by atoms with Gasteiger partial charge in [-0.2, -0.15) is 16.7 Å². The van der Waals surface area contributed by atoms with Crippen LogP contribution < -0.4 is 5.73 Å². The summed E-state index contributed by atoms with van der Waals surface area (Å²) in [7, 11) is 0. The first-order valence-corrected chi connectivity index (χ1v) is 7.61. The normalized spacial score (nSPS) is 29.5. The molecule has 0 spiro atoms. The van der Waals surface area contributed by atoms with Gasteiger partial charge in [0.2, 0.25) is 5.89 Å². The van der Waals surface area contributed by atoms with Crippen LogP contribution in [0.5, 0.6) is 0 Å². The maximum Gasteiger partial charge on any atom is 0.234 e. The minimum Gasteiger partial charge on any atom is -0.339 e. The van der Waals surface area contributed by atoms with Crippen molar-refractivity contribution in [3.8, 4) is 0 Å². The van der Waals surface area contributed by atoms with E-state index < -0.39 is 0 Å². The zero-order chi connectivity index (χ0) is 12.3. The highest BCUT2D eigenvalue weighted by Gasteiger charge is 2.39. The summed E-state index contributed by atoms with van der Waals surface area (Å²) in [5.74, 6) is 3.15. The number of aromatic nitrogens is 2. The van der Waals surface area contributed by atoms with Gasteiger partial charge in [0.25, 0.3) is 0 Å². The lowest BCUT2D eigenvalue weighted by Gasteiger charge is -2.35. The maximum atomic E-state index is 5.97. The van der Waals surface area contributed by atoms with E-state index in [2.05, 4.69) is 17.1 Å². The molecular weight excluding hydrogens is 234 g/mol. The fraction of sp³-hybridized carbons (Fsp3) is 0.833. The number of rotatable bonds is 4. The van der Waals surface area contributed by atoms with Crippen LogP contribution in [0.25, 0.3) is 0 Å². The third kappa shape index (κ3) is 2.65. The first kappa shape index (κ1) is 12.9. The van der Waals surface area contributed by atoms with Crippen LogP contribution in [0.2, 0.25) is 0 Å². The standard InChI is InChI=1S/C12H21N3OS/c1-9-3-5-12(8-13,6-4-9)11-14-10(7-17-2)15-16-11/h9H,3-8,13H2,1-2H3. The van der Waals surface area contributed by atoms with Gasteiger partial charge in [-0.1, -0.05) is 12.1 Å². The molecule has 0 unspecified atom stereocenters. The Morgan fingerprint density at radius 1 is 1.47 bits per heavy atom. The molecule has 0 atom stereocenters. The van der Waals surface area contributed by atoms with E-state index in [4.69, 9.17) is 10.3 Å². The highest BCUT2D eigenvalue weighted by Crippen LogP contribution is 2.40. The van der Waals surface area contributed by atoms with Gasteiger partial charge in [-0.25, -0.2) is 0 Å². The Morgan fingerprint density at radius 3 is 2.76 bits per heavy atom. The summed E-state index contributed by atoms with van der Waals surface area (Å²) in [4.78, 5) is 4.51. The van der Waals surface area contributed by atoms with E-state index in [0.717, 1.165) is 36.2 Å². The fourth-order valence-corrected chi connectivity index (χ4v) is 2.85. The Kier molecular flexibility index (Phi) is 4.09. The molecule has 1 heterocycles. The Morgan fingerprint density at radius 2 is 2.18 bits per heavy atom. The van der Waals surface area contributed by atoms with Crippen molar-refractivity contribution in [3.05, 3.63) is 11.7 Å². The van der Waals surface area contributed by atoms with Gasteiger partial charge >= 0.3 is 0 Å². The van der Waals surface area contributed by atoms with Crippen LogP contribution in [0.1, 0.15) is 44.3 Å². The van der Waals surface area contributed by atoms with Crippen molar-refractivity contribution in [2.75, 3.05) is 12.8 Å². The molecule has 1 fully saturated rings. The molecule has 1 aliphatic carbocycles. The third-order valence-corrected chi connectivity index (χ3v) is 4.36. The van der Waals surface area contributed by atoms with E-state index in [-0.39, 0.29) is 5.41 Å². The second-order valence-electron chi connectivity index (χ2n) is 5.12. The molecule has 4 nitrogen and oxygen atoms in total. The number of hydrogen-bond acceptors (Lipinski definition) is 5. The molecule has 5 heteroatoms. The summed E-state index contributed by atoms with van der Waals surface area (Å²) in [5, 5.41) is 4.03. The largest absolute Gasteiger partial charge is 0.339 e. The van der Waals surface area contributed by atoms with E-state index in [1.165, 1.54) is 12.8 Å². The van der Waals surface area contributed by atoms with E-state index in [9.17, 15) is 0 Å². The molecule has 0 aromatic carbocycles. The first-order chi connectivity index (χ1) is 8.20. The summed E-state index contributed by atoms with van der Waals surface area (Å²) in [6.45, 7) is 2.91. The van der Waals surface area contributed by atoms with Gasteiger partial charge in [0.05, 0.1) is 11.2 Å². The Labute approximate surface area is 107 Å². The molecular formula is C12H21N3OS. The molecule has 2 N–H and O–H groups in total. The second kappa shape index (κ2) is 5.40. The van der Waals surface area contributed by atoms with Crippen molar-refractivity contribution in [1.82, 2.24) is 10.1 Å². The number of hydrogen-bond donors (Lipinski definition) is 1. The summed E-state index contributed by atoms with van der Waals surface area (Å²) >= 11 is 1.71. The van der Waals surface area contributed by atoms with Crippen molar-refractivity contribution in [3.63, 3.8) is 0 Å². The van der Waals surface area contributed by atoms with Crippen LogP contribution in [-0.4, -0.2) is 22.9 Å². The van der Waals surface area contributed by atoms with Crippen LogP contribution in [0.4, 0.5) is 0 Å². The predicted octanol–water partition coefficient (Wildman–Crippen LogP) is 2.34. The number of nitrogens with two attached hydrogens (primary N) is 1. The van der Waals surface area contributed by atoms with Gasteiger partial charge in [0, 0.05) is 6.54 Å². The third-order valence-electron chi connectivity index (χ3n) is 3.82. The Hall–Kier alpha value is -0.550. The summed E-state index contributed by atoms with van der Waals surface area (Å²) in [5.41, 5.74) is 5.91. The molecule has 17 heavy (non-hydrogen) atoms. The maximum absolute atomic E-state index is 5.97. The van der Waals surface area contributed by atoms with E-state index >= 15 is 0 Å². The fourth-order valence-electron chi connectivity index (χ4n) is 2.48. The van der Waals surface area contributed by atoms with Crippen LogP contribution in [0.15, 0.2) is 4.52 Å². The Balaban J connectivity index is 2.16. The van der Waals surface area contributed by atoms with Crippen LogP contribution >= 0.6 is 11.8 Å². The molecule has 1 saturated carbocycles. The van der Waals surface area contributed by atoms with Gasteiger partial charge in [0.15, 0.2) is 5.82 Å². The zero-order valence-electron chi connectivity index (χ0n) is 10.6. The second-order valence-corrected chi connectivity index (χ2v) is 5.98. The summed E-state index contributed by atoms with van der Waals surface area (Å²) in [6.07, 6.45) is 6.60. The predicted molar refractivity (Wildman–Crippen MR) is 69.9 cm³/mol. The van der Waals surface area contributed by atoms with Crippen molar-refractivity contribution >= 4 is 11.8 Å². The van der Waals surface area contributed by atoms with Crippen molar-refractivity contribution in [1.29, 1.82) is 0 Å². The van der Waals surface area contributed by atoms with Gasteiger partial charge in [0.1, 0.15) is 0 Å². The molecule has 1 aromatic rings. The van der Waals surface area contributed by atoms with Crippen LogP contribution in [0, 0.1) is 5.92 Å². The summed E-state index contributed by atoms with van der Waals surface area (Å²) in [6, 6.07) is 0. The van der Waals surface area contributed by atoms with Gasteiger partial charge < -0.3 is 10.3 Å². The van der Waals surface area contributed by atoms with Crippen LogP contribution in [-0.2, 0) is 11.2 Å². The average molecular weight is 255 g/mol. The van der Waals surface area contributed by atoms with Crippen molar-refractivity contribution in [2.24, 2.45) is 11.7 Å². The molecule has 1 aromatic heterocycles. The lowest BCUT2D eigenvalue weighted by atomic mass is 9.71. The first-order valence-electron chi connectivity index (χ1n) is 6.22. The van der Waals surface area contributed by atoms with E-state index in [0.29, 0.717) is 6.54 Å². The molecule has 0 amide bonds. The minimum atomic E-state index is -0.0594. The van der Waals surface area contributed by atoms with Crippen molar-refractivity contribution in [2.45, 2.75) is 43.8 Å². The topological polar surface area (TPSA) is 64.9 Å². The number of thioether (sulfide) groups is 1. The van der Waals surface area contributed by atoms with Gasteiger partial charge in [-0.15, -0.1) is 0 Å². The van der Waals surface area contributed by atoms with E-state index in [1.54, 1.807) is 11.8 Å². The highest BCUT2D eigenvalue weighted by atomic mass is 32.2. The molecule has 0 saturated heterocycles. The van der Waals surface area contributed by atoms with Gasteiger partial charge in [-0.05, 0) is 37.9 Å². The zero-order valence-corrected chi connectivity index (χ0v) is 11.4. The Bertz CT molecular complexity index is 358. The smallest absolute Gasteiger partial charge is 0.234 e.